The molecular formula is C20H27N3O2S2. The summed E-state index contributed by atoms with van der Waals surface area (Å²) in [5.74, 6) is 0. The van der Waals surface area contributed by atoms with E-state index in [9.17, 15) is 8.42 Å². The number of hydrogen-bond donors (Lipinski definition) is 3. The summed E-state index contributed by atoms with van der Waals surface area (Å²) in [6, 6.07) is 15.7. The molecule has 2 rings (SSSR count). The summed E-state index contributed by atoms with van der Waals surface area (Å²) in [4.78, 5) is 0. The van der Waals surface area contributed by atoms with Crippen molar-refractivity contribution in [3.63, 3.8) is 0 Å². The van der Waals surface area contributed by atoms with Gasteiger partial charge in [-0.1, -0.05) is 57.2 Å². The second-order valence-corrected chi connectivity index (χ2v) is 9.71. The van der Waals surface area contributed by atoms with Crippen LogP contribution in [0.5, 0.6) is 0 Å². The minimum Gasteiger partial charge on any atom is -0.359 e. The van der Waals surface area contributed by atoms with E-state index in [1.54, 1.807) is 18.2 Å². The van der Waals surface area contributed by atoms with Gasteiger partial charge in [0.25, 0.3) is 0 Å². The van der Waals surface area contributed by atoms with Crippen molar-refractivity contribution in [2.24, 2.45) is 0 Å². The first kappa shape index (κ1) is 21.2. The summed E-state index contributed by atoms with van der Waals surface area (Å²) in [5, 5.41) is 6.88. The van der Waals surface area contributed by atoms with Crippen LogP contribution in [-0.2, 0) is 28.5 Å². The lowest BCUT2D eigenvalue weighted by molar-refractivity contribution is 0.590. The molecule has 0 saturated heterocycles. The Bertz CT molecular complexity index is 886. The molecule has 0 bridgehead atoms. The molecule has 0 unspecified atom stereocenters. The number of thiocarbonyl (C=S) groups is 1. The summed E-state index contributed by atoms with van der Waals surface area (Å²) < 4.78 is 25.1. The Morgan fingerprint density at radius 3 is 2.11 bits per heavy atom. The highest BCUT2D eigenvalue weighted by Crippen LogP contribution is 2.22. The number of benzene rings is 2. The molecule has 7 heteroatoms. The molecule has 0 aliphatic carbocycles. The Hall–Kier alpha value is -2.12. The van der Waals surface area contributed by atoms with Crippen LogP contribution in [0.25, 0.3) is 0 Å². The van der Waals surface area contributed by atoms with Gasteiger partial charge in [0.15, 0.2) is 5.11 Å². The Kier molecular flexibility index (Phi) is 6.84. The summed E-state index contributed by atoms with van der Waals surface area (Å²) in [5.41, 5.74) is 4.07. The van der Waals surface area contributed by atoms with Crippen LogP contribution in [0.4, 0.5) is 5.69 Å². The third kappa shape index (κ3) is 7.56. The first-order valence-corrected chi connectivity index (χ1v) is 11.0. The summed E-state index contributed by atoms with van der Waals surface area (Å²) in [6.07, 6.45) is 1.13. The van der Waals surface area contributed by atoms with Gasteiger partial charge < -0.3 is 10.6 Å². The maximum atomic E-state index is 11.3. The summed E-state index contributed by atoms with van der Waals surface area (Å²) >= 11 is 5.32. The minimum atomic E-state index is -3.29. The van der Waals surface area contributed by atoms with E-state index in [0.29, 0.717) is 23.9 Å². The Morgan fingerprint density at radius 2 is 1.56 bits per heavy atom. The van der Waals surface area contributed by atoms with Gasteiger partial charge in [0.05, 0.1) is 6.26 Å². The van der Waals surface area contributed by atoms with Crippen molar-refractivity contribution < 1.29 is 8.42 Å². The second-order valence-electron chi connectivity index (χ2n) is 7.56. The van der Waals surface area contributed by atoms with Crippen molar-refractivity contribution >= 4 is 33.0 Å². The molecule has 0 saturated carbocycles. The lowest BCUT2D eigenvalue weighted by Gasteiger charge is -2.19. The Morgan fingerprint density at radius 1 is 0.963 bits per heavy atom. The predicted molar refractivity (Wildman–Crippen MR) is 116 cm³/mol. The van der Waals surface area contributed by atoms with Crippen LogP contribution in [-0.4, -0.2) is 19.8 Å². The molecule has 0 aliphatic heterocycles. The van der Waals surface area contributed by atoms with Crippen LogP contribution >= 0.6 is 12.2 Å². The number of sulfonamides is 1. The highest BCUT2D eigenvalue weighted by atomic mass is 32.2. The van der Waals surface area contributed by atoms with Crippen molar-refractivity contribution in [2.75, 3.05) is 11.0 Å². The van der Waals surface area contributed by atoms with E-state index in [4.69, 9.17) is 12.2 Å². The number of nitrogens with one attached hydrogen (secondary N) is 3. The monoisotopic (exact) mass is 405 g/mol. The molecule has 0 radical (unpaired) electrons. The molecule has 5 nitrogen and oxygen atoms in total. The predicted octanol–water partition coefficient (Wildman–Crippen LogP) is 3.52. The van der Waals surface area contributed by atoms with Crippen molar-refractivity contribution in [3.05, 3.63) is 65.2 Å². The molecule has 146 valence electrons. The maximum absolute atomic E-state index is 11.3. The smallest absolute Gasteiger partial charge is 0.229 e. The van der Waals surface area contributed by atoms with E-state index in [1.165, 1.54) is 5.56 Å². The van der Waals surface area contributed by atoms with Gasteiger partial charge in [0.2, 0.25) is 10.0 Å². The molecule has 27 heavy (non-hydrogen) atoms. The van der Waals surface area contributed by atoms with Crippen molar-refractivity contribution in [1.82, 2.24) is 10.6 Å². The van der Waals surface area contributed by atoms with Crippen LogP contribution in [0.2, 0.25) is 0 Å². The number of anilines is 1. The molecule has 3 N–H and O–H groups in total. The van der Waals surface area contributed by atoms with Gasteiger partial charge in [-0.2, -0.15) is 0 Å². The van der Waals surface area contributed by atoms with E-state index in [0.717, 1.165) is 17.4 Å². The van der Waals surface area contributed by atoms with E-state index in [2.05, 4.69) is 60.4 Å². The molecule has 0 fully saturated rings. The van der Waals surface area contributed by atoms with Gasteiger partial charge in [0.1, 0.15) is 0 Å². The quantitative estimate of drug-likeness (QED) is 0.642. The van der Waals surface area contributed by atoms with Crippen molar-refractivity contribution in [3.8, 4) is 0 Å². The van der Waals surface area contributed by atoms with Gasteiger partial charge in [-0.05, 0) is 46.5 Å². The molecule has 0 aliphatic rings. The fraction of sp³-hybridized carbons (Fsp3) is 0.350. The molecule has 0 spiro atoms. The van der Waals surface area contributed by atoms with Gasteiger partial charge in [-0.25, -0.2) is 8.42 Å². The normalized spacial score (nSPS) is 11.7. The maximum Gasteiger partial charge on any atom is 0.229 e. The zero-order valence-corrected chi connectivity index (χ0v) is 17.8. The zero-order valence-electron chi connectivity index (χ0n) is 16.2. The Balaban J connectivity index is 1.84. The Labute approximate surface area is 167 Å². The molecule has 0 aromatic heterocycles. The zero-order chi connectivity index (χ0) is 20.1. The summed E-state index contributed by atoms with van der Waals surface area (Å²) in [7, 11) is -3.29. The largest absolute Gasteiger partial charge is 0.359 e. The third-order valence-corrected chi connectivity index (χ3v) is 4.85. The van der Waals surface area contributed by atoms with Gasteiger partial charge >= 0.3 is 0 Å². The van der Waals surface area contributed by atoms with E-state index in [-0.39, 0.29) is 5.41 Å². The summed E-state index contributed by atoms with van der Waals surface area (Å²) in [6.45, 7) is 7.74. The topological polar surface area (TPSA) is 70.2 Å². The van der Waals surface area contributed by atoms with Gasteiger partial charge in [-0.15, -0.1) is 0 Å². The molecule has 2 aromatic rings. The SMILES string of the molecule is CC(C)(C)c1ccc(CNC(=S)NCc2cccc(NS(C)(=O)=O)c2)cc1. The average Bonchev–Trinajstić information content (AvgIpc) is 2.56. The molecule has 0 atom stereocenters. The average molecular weight is 406 g/mol. The number of hydrogen-bond acceptors (Lipinski definition) is 3. The number of rotatable bonds is 6. The molecular weight excluding hydrogens is 378 g/mol. The lowest BCUT2D eigenvalue weighted by atomic mass is 9.87. The fourth-order valence-corrected chi connectivity index (χ4v) is 3.21. The van der Waals surface area contributed by atoms with E-state index >= 15 is 0 Å². The van der Waals surface area contributed by atoms with Crippen LogP contribution < -0.4 is 15.4 Å². The first-order valence-electron chi connectivity index (χ1n) is 8.71. The third-order valence-electron chi connectivity index (χ3n) is 3.96. The van der Waals surface area contributed by atoms with Gasteiger partial charge in [-0.3, -0.25) is 4.72 Å². The molecule has 0 heterocycles. The van der Waals surface area contributed by atoms with E-state index < -0.39 is 10.0 Å². The van der Waals surface area contributed by atoms with Crippen LogP contribution in [0, 0.1) is 0 Å². The lowest BCUT2D eigenvalue weighted by Crippen LogP contribution is -2.34. The van der Waals surface area contributed by atoms with Crippen LogP contribution in [0.1, 0.15) is 37.5 Å². The molecule has 2 aromatic carbocycles. The second kappa shape index (κ2) is 8.71. The standard InChI is InChI=1S/C20H27N3O2S2/c1-20(2,3)17-10-8-15(9-11-17)13-21-19(26)22-14-16-6-5-7-18(12-16)23-27(4,24)25/h5-12,23H,13-14H2,1-4H3,(H2,21,22,26). The molecule has 0 amide bonds. The van der Waals surface area contributed by atoms with Crippen molar-refractivity contribution in [1.29, 1.82) is 0 Å². The first-order chi connectivity index (χ1) is 12.5. The highest BCUT2D eigenvalue weighted by molar-refractivity contribution is 7.92. The fourth-order valence-electron chi connectivity index (χ4n) is 2.51. The van der Waals surface area contributed by atoms with Crippen LogP contribution in [0.15, 0.2) is 48.5 Å². The van der Waals surface area contributed by atoms with Crippen molar-refractivity contribution in [2.45, 2.75) is 39.3 Å². The van der Waals surface area contributed by atoms with E-state index in [1.807, 2.05) is 6.07 Å². The minimum absolute atomic E-state index is 0.142. The highest BCUT2D eigenvalue weighted by Gasteiger charge is 2.12. The van der Waals surface area contributed by atoms with Gasteiger partial charge in [0, 0.05) is 18.8 Å². The van der Waals surface area contributed by atoms with Crippen LogP contribution in [0.3, 0.4) is 0 Å².